The van der Waals surface area contributed by atoms with Gasteiger partial charge >= 0.3 is 0 Å². The third-order valence-corrected chi connectivity index (χ3v) is 2.43. The van der Waals surface area contributed by atoms with Gasteiger partial charge in [0.05, 0.1) is 13.2 Å². The van der Waals surface area contributed by atoms with Gasteiger partial charge in [0, 0.05) is 13.2 Å². The number of hydrogen-bond acceptors (Lipinski definition) is 3. The number of aliphatic hydroxyl groups excluding tert-OH is 2. The smallest absolute Gasteiger partial charge is 0.0662 e. The lowest BCUT2D eigenvalue weighted by Gasteiger charge is -2.00. The molecule has 0 aliphatic carbocycles. The Labute approximate surface area is 93.5 Å². The zero-order valence-electron chi connectivity index (χ0n) is 9.79. The highest BCUT2D eigenvalue weighted by Gasteiger charge is 1.95. The van der Waals surface area contributed by atoms with Crippen LogP contribution in [0.1, 0.15) is 51.4 Å². The van der Waals surface area contributed by atoms with Crippen molar-refractivity contribution >= 4 is 0 Å². The SMILES string of the molecule is C1CCCCCOCCCC1.OCCO. The van der Waals surface area contributed by atoms with Crippen molar-refractivity contribution in [1.29, 1.82) is 0 Å². The standard InChI is InChI=1S/C10H20O.C2H6O2/c1-2-4-6-8-10-11-9-7-5-3-1;3-1-2-4/h1-10H2;3-4H,1-2H2. The summed E-state index contributed by atoms with van der Waals surface area (Å²) in [6, 6.07) is 0. The third kappa shape index (κ3) is 13.9. The normalized spacial score (nSPS) is 19.6. The number of hydrogen-bond donors (Lipinski definition) is 2. The molecule has 0 saturated carbocycles. The summed E-state index contributed by atoms with van der Waals surface area (Å²) in [5, 5.41) is 15.2. The van der Waals surface area contributed by atoms with Crippen LogP contribution in [0.5, 0.6) is 0 Å². The largest absolute Gasteiger partial charge is 0.394 e. The number of rotatable bonds is 1. The first-order valence-corrected chi connectivity index (χ1v) is 6.21. The molecule has 1 aliphatic rings. The lowest BCUT2D eigenvalue weighted by molar-refractivity contribution is 0.127. The van der Waals surface area contributed by atoms with Gasteiger partial charge in [-0.15, -0.1) is 0 Å². The highest BCUT2D eigenvalue weighted by Crippen LogP contribution is 2.10. The maximum atomic E-state index is 7.62. The molecule has 0 atom stereocenters. The molecular weight excluding hydrogens is 192 g/mol. The fraction of sp³-hybridized carbons (Fsp3) is 1.00. The summed E-state index contributed by atoms with van der Waals surface area (Å²) in [5.74, 6) is 0. The van der Waals surface area contributed by atoms with E-state index in [1.54, 1.807) is 0 Å². The molecule has 1 heterocycles. The van der Waals surface area contributed by atoms with E-state index in [4.69, 9.17) is 14.9 Å². The Bertz CT molecular complexity index is 67.0. The van der Waals surface area contributed by atoms with E-state index >= 15 is 0 Å². The van der Waals surface area contributed by atoms with Crippen LogP contribution in [0.4, 0.5) is 0 Å². The average molecular weight is 218 g/mol. The van der Waals surface area contributed by atoms with Gasteiger partial charge in [0.25, 0.3) is 0 Å². The van der Waals surface area contributed by atoms with E-state index in [0.29, 0.717) is 0 Å². The second kappa shape index (κ2) is 13.9. The van der Waals surface area contributed by atoms with Gasteiger partial charge in [-0.1, -0.05) is 38.5 Å². The summed E-state index contributed by atoms with van der Waals surface area (Å²) in [5.41, 5.74) is 0. The summed E-state index contributed by atoms with van der Waals surface area (Å²) in [4.78, 5) is 0. The molecule has 2 N–H and O–H groups in total. The van der Waals surface area contributed by atoms with Gasteiger partial charge < -0.3 is 14.9 Å². The van der Waals surface area contributed by atoms with Gasteiger partial charge in [0.2, 0.25) is 0 Å². The molecule has 1 aliphatic heterocycles. The summed E-state index contributed by atoms with van der Waals surface area (Å²) in [7, 11) is 0. The molecule has 0 bridgehead atoms. The Kier molecular flexibility index (Phi) is 13.8. The maximum absolute atomic E-state index is 7.62. The topological polar surface area (TPSA) is 49.7 Å². The Morgan fingerprint density at radius 1 is 0.600 bits per heavy atom. The summed E-state index contributed by atoms with van der Waals surface area (Å²) in [6.45, 7) is 1.75. The fourth-order valence-corrected chi connectivity index (χ4v) is 1.57. The minimum absolute atomic E-state index is 0.125. The fourth-order valence-electron chi connectivity index (χ4n) is 1.57. The van der Waals surface area contributed by atoms with E-state index in [9.17, 15) is 0 Å². The first-order chi connectivity index (χ1) is 7.41. The predicted octanol–water partition coefficient (Wildman–Crippen LogP) is 2.11. The van der Waals surface area contributed by atoms with Crippen molar-refractivity contribution in [3.8, 4) is 0 Å². The van der Waals surface area contributed by atoms with Gasteiger partial charge in [-0.3, -0.25) is 0 Å². The van der Waals surface area contributed by atoms with Crippen molar-refractivity contribution in [1.82, 2.24) is 0 Å². The first kappa shape index (κ1) is 14.9. The molecule has 1 saturated heterocycles. The van der Waals surface area contributed by atoms with Crippen molar-refractivity contribution < 1.29 is 14.9 Å². The van der Waals surface area contributed by atoms with Crippen LogP contribution in [0.25, 0.3) is 0 Å². The van der Waals surface area contributed by atoms with Crippen molar-refractivity contribution in [2.75, 3.05) is 26.4 Å². The lowest BCUT2D eigenvalue weighted by atomic mass is 10.1. The van der Waals surface area contributed by atoms with Crippen molar-refractivity contribution in [2.24, 2.45) is 0 Å². The molecule has 0 aromatic rings. The van der Waals surface area contributed by atoms with E-state index in [-0.39, 0.29) is 13.2 Å². The van der Waals surface area contributed by atoms with E-state index in [1.165, 1.54) is 51.4 Å². The number of ether oxygens (including phenoxy) is 1. The first-order valence-electron chi connectivity index (χ1n) is 6.21. The van der Waals surface area contributed by atoms with Gasteiger partial charge in [-0.2, -0.15) is 0 Å². The highest BCUT2D eigenvalue weighted by atomic mass is 16.5. The molecule has 0 aromatic heterocycles. The van der Waals surface area contributed by atoms with E-state index in [2.05, 4.69) is 0 Å². The zero-order valence-corrected chi connectivity index (χ0v) is 9.79. The highest BCUT2D eigenvalue weighted by molar-refractivity contribution is 4.48. The lowest BCUT2D eigenvalue weighted by Crippen LogP contribution is -1.95. The van der Waals surface area contributed by atoms with Crippen LogP contribution in [0.15, 0.2) is 0 Å². The van der Waals surface area contributed by atoms with Gasteiger partial charge in [-0.25, -0.2) is 0 Å². The molecule has 0 unspecified atom stereocenters. The van der Waals surface area contributed by atoms with Crippen LogP contribution >= 0.6 is 0 Å². The van der Waals surface area contributed by atoms with Crippen LogP contribution in [0.3, 0.4) is 0 Å². The quantitative estimate of drug-likeness (QED) is 0.708. The van der Waals surface area contributed by atoms with Crippen LogP contribution in [-0.2, 0) is 4.74 Å². The molecule has 3 heteroatoms. The Hall–Kier alpha value is -0.120. The molecule has 0 aromatic carbocycles. The Morgan fingerprint density at radius 3 is 1.27 bits per heavy atom. The molecule has 1 rings (SSSR count). The average Bonchev–Trinajstić information content (AvgIpc) is 2.35. The Balaban J connectivity index is 0.000000423. The second-order valence-corrected chi connectivity index (χ2v) is 3.89. The maximum Gasteiger partial charge on any atom is 0.0662 e. The van der Waals surface area contributed by atoms with Crippen LogP contribution < -0.4 is 0 Å². The third-order valence-electron chi connectivity index (χ3n) is 2.43. The predicted molar refractivity (Wildman–Crippen MR) is 61.9 cm³/mol. The van der Waals surface area contributed by atoms with Crippen LogP contribution in [-0.4, -0.2) is 36.6 Å². The van der Waals surface area contributed by atoms with Gasteiger partial charge in [0.1, 0.15) is 0 Å². The molecule has 0 radical (unpaired) electrons. The summed E-state index contributed by atoms with van der Waals surface area (Å²) < 4.78 is 5.47. The summed E-state index contributed by atoms with van der Waals surface area (Å²) in [6.07, 6.45) is 11.0. The van der Waals surface area contributed by atoms with E-state index in [0.717, 1.165) is 13.2 Å². The molecule has 0 spiro atoms. The van der Waals surface area contributed by atoms with E-state index < -0.39 is 0 Å². The Morgan fingerprint density at radius 2 is 0.933 bits per heavy atom. The van der Waals surface area contributed by atoms with Crippen molar-refractivity contribution in [2.45, 2.75) is 51.4 Å². The number of aliphatic hydroxyl groups is 2. The minimum atomic E-state index is -0.125. The van der Waals surface area contributed by atoms with Gasteiger partial charge in [0.15, 0.2) is 0 Å². The van der Waals surface area contributed by atoms with Crippen molar-refractivity contribution in [3.63, 3.8) is 0 Å². The molecule has 1 fully saturated rings. The molecule has 15 heavy (non-hydrogen) atoms. The monoisotopic (exact) mass is 218 g/mol. The molecule has 0 amide bonds. The zero-order chi connectivity index (χ0) is 11.2. The molecular formula is C12H26O3. The minimum Gasteiger partial charge on any atom is -0.394 e. The van der Waals surface area contributed by atoms with Crippen LogP contribution in [0, 0.1) is 0 Å². The van der Waals surface area contributed by atoms with Crippen molar-refractivity contribution in [3.05, 3.63) is 0 Å². The molecule has 92 valence electrons. The second-order valence-electron chi connectivity index (χ2n) is 3.89. The van der Waals surface area contributed by atoms with E-state index in [1.807, 2.05) is 0 Å². The molecule has 3 nitrogen and oxygen atoms in total. The van der Waals surface area contributed by atoms with Crippen LogP contribution in [0.2, 0.25) is 0 Å². The summed E-state index contributed by atoms with van der Waals surface area (Å²) >= 11 is 0. The van der Waals surface area contributed by atoms with Gasteiger partial charge in [-0.05, 0) is 12.8 Å².